The molecule has 0 aliphatic carbocycles. The Morgan fingerprint density at radius 1 is 0.446 bits per heavy atom. The van der Waals surface area contributed by atoms with Gasteiger partial charge in [-0.2, -0.15) is 0 Å². The quantitative estimate of drug-likeness (QED) is 0.174. The van der Waals surface area contributed by atoms with Gasteiger partial charge in [0.1, 0.15) is 11.5 Å². The van der Waals surface area contributed by atoms with E-state index in [0.29, 0.717) is 50.3 Å². The molecule has 1 saturated heterocycles. The summed E-state index contributed by atoms with van der Waals surface area (Å²) < 4.78 is 24.3. The van der Waals surface area contributed by atoms with Gasteiger partial charge in [0.15, 0.2) is 12.2 Å². The predicted molar refractivity (Wildman–Crippen MR) is 226 cm³/mol. The van der Waals surface area contributed by atoms with Gasteiger partial charge < -0.3 is 29.6 Å². The second kappa shape index (κ2) is 15.1. The van der Waals surface area contributed by atoms with Crippen LogP contribution in [0.2, 0.25) is 0 Å². The molecule has 8 aromatic carbocycles. The second-order valence-electron chi connectivity index (χ2n) is 14.5. The Balaban J connectivity index is 0.864. The summed E-state index contributed by atoms with van der Waals surface area (Å²) in [6, 6.07) is 37.3. The molecule has 56 heavy (non-hydrogen) atoms. The second-order valence-corrected chi connectivity index (χ2v) is 14.5. The Morgan fingerprint density at radius 2 is 0.786 bits per heavy atom. The third kappa shape index (κ3) is 6.61. The molecule has 1 fully saturated rings. The van der Waals surface area contributed by atoms with Crippen molar-refractivity contribution in [3.8, 4) is 0 Å². The van der Waals surface area contributed by atoms with E-state index in [0.717, 1.165) is 53.9 Å². The summed E-state index contributed by atoms with van der Waals surface area (Å²) in [5.74, 6) is -0.220. The number of carbonyl (C=O) groups is 2. The van der Waals surface area contributed by atoms with Gasteiger partial charge in [0.25, 0.3) is 11.8 Å². The van der Waals surface area contributed by atoms with Gasteiger partial charge in [-0.1, -0.05) is 110 Å². The number of anilines is 2. The lowest BCUT2D eigenvalue weighted by Gasteiger charge is -2.23. The maximum Gasteiger partial charge on any atom is 0.261 e. The molecule has 280 valence electrons. The molecule has 8 aromatic rings. The van der Waals surface area contributed by atoms with E-state index in [1.807, 2.05) is 24.3 Å². The first-order chi connectivity index (χ1) is 27.4. The molecule has 8 nitrogen and oxygen atoms in total. The third-order valence-electron chi connectivity index (χ3n) is 10.9. The van der Waals surface area contributed by atoms with Gasteiger partial charge in [-0.3, -0.25) is 9.59 Å². The highest BCUT2D eigenvalue weighted by atomic mass is 16.5. The molecule has 1 heterocycles. The maximum absolute atomic E-state index is 13.8. The summed E-state index contributed by atoms with van der Waals surface area (Å²) in [5.41, 5.74) is 1.40. The summed E-state index contributed by atoms with van der Waals surface area (Å²) in [6.45, 7) is 9.32. The molecule has 0 radical (unpaired) electrons. The summed E-state index contributed by atoms with van der Waals surface area (Å²) >= 11 is 0. The first-order valence-electron chi connectivity index (χ1n) is 19.3. The molecule has 9 rings (SSSR count). The van der Waals surface area contributed by atoms with E-state index in [1.165, 1.54) is 10.8 Å². The zero-order chi connectivity index (χ0) is 38.2. The summed E-state index contributed by atoms with van der Waals surface area (Å²) in [7, 11) is 0. The smallest absolute Gasteiger partial charge is 0.261 e. The Hall–Kier alpha value is -6.22. The number of hydrogen-bond donors (Lipinski definition) is 2. The van der Waals surface area contributed by atoms with Crippen molar-refractivity contribution in [1.29, 1.82) is 0 Å². The van der Waals surface area contributed by atoms with Crippen LogP contribution in [-0.4, -0.2) is 50.4 Å². The minimum atomic E-state index is -1.01. The fourth-order valence-corrected chi connectivity index (χ4v) is 8.08. The van der Waals surface area contributed by atoms with Crippen LogP contribution in [0.15, 0.2) is 134 Å². The molecule has 0 spiro atoms. The van der Waals surface area contributed by atoms with Crippen LogP contribution < -0.4 is 10.6 Å². The van der Waals surface area contributed by atoms with Crippen molar-refractivity contribution in [2.75, 3.05) is 37.1 Å². The summed E-state index contributed by atoms with van der Waals surface area (Å²) in [4.78, 5) is 27.7. The number of hydrogen-bond acceptors (Lipinski definition) is 6. The first-order valence-corrected chi connectivity index (χ1v) is 19.3. The average Bonchev–Trinajstić information content (AvgIpc) is 3.21. The molecule has 8 heteroatoms. The van der Waals surface area contributed by atoms with Crippen molar-refractivity contribution in [2.45, 2.75) is 37.9 Å². The van der Waals surface area contributed by atoms with E-state index in [1.54, 1.807) is 0 Å². The summed E-state index contributed by atoms with van der Waals surface area (Å²) in [5, 5.41) is 19.6. The average molecular weight is 743 g/mol. The topological polar surface area (TPSA) is 95.1 Å². The van der Waals surface area contributed by atoms with Crippen molar-refractivity contribution < 1.29 is 28.5 Å². The molecule has 2 amide bonds. The molecule has 1 aliphatic heterocycles. The molecule has 0 saturated carbocycles. The fourth-order valence-electron chi connectivity index (χ4n) is 8.08. The molecule has 1 aliphatic rings. The zero-order valence-corrected chi connectivity index (χ0v) is 31.1. The number of rotatable bonds is 4. The molecule has 0 bridgehead atoms. The minimum absolute atomic E-state index is 0.239. The van der Waals surface area contributed by atoms with Crippen LogP contribution >= 0.6 is 0 Å². The van der Waals surface area contributed by atoms with Crippen LogP contribution in [0.5, 0.6) is 0 Å². The van der Waals surface area contributed by atoms with Crippen molar-refractivity contribution in [1.82, 2.24) is 0 Å². The fraction of sp³-hybridized carbons (Fsp3) is 0.208. The number of carbonyl (C=O) groups excluding carboxylic acids is 2. The van der Waals surface area contributed by atoms with Gasteiger partial charge in [0, 0.05) is 35.4 Å². The molecule has 0 aromatic heterocycles. The van der Waals surface area contributed by atoms with E-state index < -0.39 is 12.2 Å². The van der Waals surface area contributed by atoms with Crippen molar-refractivity contribution >= 4 is 87.8 Å². The lowest BCUT2D eigenvalue weighted by Crippen LogP contribution is -2.34. The normalized spacial score (nSPS) is 18.1. The van der Waals surface area contributed by atoms with Crippen LogP contribution in [0.4, 0.5) is 11.4 Å². The van der Waals surface area contributed by atoms with E-state index in [-0.39, 0.29) is 36.5 Å². The number of benzene rings is 8. The number of ether oxygens (including phenoxy) is 4. The SMILES string of the molecule is C=C1OCCCCOC(C(=O)Nc2ccc3ccc4cccc5ccc2c3c45)C(=C)OCCCCOC1C(=O)Nc1ccc2ccc3cccc4ccc1c2c34. The Kier molecular flexibility index (Phi) is 9.59. The molecular weight excluding hydrogens is 701 g/mol. The standard InChI is InChI=1S/C48H42N2O6/c1-29-45(47(51)49-39-23-19-35-15-13-31-9-7-11-33-17-21-37(39)43(35)41(31)33)55-27-6-4-26-54-30(2)46(56-28-5-3-25-53-29)48(52)50-40-24-20-36-16-14-32-10-8-12-34-18-22-38(40)44(36)42(32)34/h7-24,45-46H,1-6,25-28H2,(H,49,51)(H,50,52). The van der Waals surface area contributed by atoms with E-state index in [9.17, 15) is 9.59 Å². The van der Waals surface area contributed by atoms with E-state index in [4.69, 9.17) is 18.9 Å². The highest BCUT2D eigenvalue weighted by Gasteiger charge is 2.27. The van der Waals surface area contributed by atoms with Crippen LogP contribution in [0, 0.1) is 0 Å². The Morgan fingerprint density at radius 3 is 1.20 bits per heavy atom. The zero-order valence-electron chi connectivity index (χ0n) is 31.1. The third-order valence-corrected chi connectivity index (χ3v) is 10.9. The van der Waals surface area contributed by atoms with Gasteiger partial charge >= 0.3 is 0 Å². The number of amides is 2. The van der Waals surface area contributed by atoms with Crippen molar-refractivity contribution in [2.24, 2.45) is 0 Å². The minimum Gasteiger partial charge on any atom is -0.495 e. The first kappa shape index (κ1) is 35.5. The lowest BCUT2D eigenvalue weighted by molar-refractivity contribution is -0.127. The van der Waals surface area contributed by atoms with Gasteiger partial charge in [0.2, 0.25) is 0 Å². The molecule has 2 unspecified atom stereocenters. The highest BCUT2D eigenvalue weighted by Crippen LogP contribution is 2.39. The Bertz CT molecular complexity index is 2550. The van der Waals surface area contributed by atoms with Gasteiger partial charge in [-0.15, -0.1) is 0 Å². The lowest BCUT2D eigenvalue weighted by atomic mass is 9.93. The Labute approximate surface area is 324 Å². The summed E-state index contributed by atoms with van der Waals surface area (Å²) in [6.07, 6.45) is 0.341. The predicted octanol–water partition coefficient (Wildman–Crippen LogP) is 10.5. The van der Waals surface area contributed by atoms with Gasteiger partial charge in [-0.25, -0.2) is 0 Å². The van der Waals surface area contributed by atoms with E-state index in [2.05, 4.69) is 109 Å². The molecular formula is C48H42N2O6. The molecule has 2 atom stereocenters. The number of nitrogens with one attached hydrogen (secondary N) is 2. The van der Waals surface area contributed by atoms with Crippen LogP contribution in [0.3, 0.4) is 0 Å². The van der Waals surface area contributed by atoms with Crippen molar-refractivity contribution in [3.63, 3.8) is 0 Å². The van der Waals surface area contributed by atoms with Crippen LogP contribution in [0.25, 0.3) is 64.6 Å². The van der Waals surface area contributed by atoms with E-state index >= 15 is 0 Å². The van der Waals surface area contributed by atoms with Gasteiger partial charge in [-0.05, 0) is 91.7 Å². The van der Waals surface area contributed by atoms with Crippen molar-refractivity contribution in [3.05, 3.63) is 134 Å². The van der Waals surface area contributed by atoms with Gasteiger partial charge in [0.05, 0.1) is 13.2 Å². The largest absolute Gasteiger partial charge is 0.495 e. The maximum atomic E-state index is 13.8. The van der Waals surface area contributed by atoms with Crippen LogP contribution in [-0.2, 0) is 28.5 Å². The highest BCUT2D eigenvalue weighted by molar-refractivity contribution is 6.27. The molecule has 2 N–H and O–H groups in total. The monoisotopic (exact) mass is 742 g/mol. The van der Waals surface area contributed by atoms with Crippen LogP contribution in [0.1, 0.15) is 25.7 Å².